The minimum Gasteiger partial charge on any atom is -0.324 e. The first-order chi connectivity index (χ1) is 24.9. The second-order valence-electron chi connectivity index (χ2n) is 13.1. The summed E-state index contributed by atoms with van der Waals surface area (Å²) in [4.78, 5) is 54.9. The van der Waals surface area contributed by atoms with Crippen LogP contribution < -0.4 is 16.0 Å². The van der Waals surface area contributed by atoms with Gasteiger partial charge in [-0.1, -0.05) is 42.5 Å². The molecule has 7 rings (SSSR count). The number of hydrogen-bond acceptors (Lipinski definition) is 9. The first kappa shape index (κ1) is 33.7. The van der Waals surface area contributed by atoms with Crippen LogP contribution >= 0.6 is 0 Å². The molecule has 1 unspecified atom stereocenters. The number of nitrogens with one attached hydrogen (secondary N) is 3. The van der Waals surface area contributed by atoms with Crippen molar-refractivity contribution in [1.82, 2.24) is 30.1 Å². The Kier molecular flexibility index (Phi) is 10.2. The van der Waals surface area contributed by atoms with Crippen LogP contribution in [-0.2, 0) is 22.7 Å². The van der Waals surface area contributed by atoms with Gasteiger partial charge in [0.25, 0.3) is 5.91 Å². The van der Waals surface area contributed by atoms with Gasteiger partial charge in [0.2, 0.25) is 17.8 Å². The summed E-state index contributed by atoms with van der Waals surface area (Å²) < 4.78 is 0. The summed E-state index contributed by atoms with van der Waals surface area (Å²) >= 11 is 0. The van der Waals surface area contributed by atoms with E-state index >= 15 is 0 Å². The normalized spacial score (nSPS) is 16.8. The average molecular weight is 681 g/mol. The molecule has 4 heterocycles. The Morgan fingerprint density at radius 1 is 0.863 bits per heavy atom. The van der Waals surface area contributed by atoms with E-state index in [1.54, 1.807) is 18.6 Å². The zero-order valence-electron chi connectivity index (χ0n) is 28.5. The van der Waals surface area contributed by atoms with Crippen molar-refractivity contribution in [3.63, 3.8) is 0 Å². The summed E-state index contributed by atoms with van der Waals surface area (Å²) in [7, 11) is 0. The molecule has 258 valence electrons. The van der Waals surface area contributed by atoms with Gasteiger partial charge in [0, 0.05) is 86.8 Å². The van der Waals surface area contributed by atoms with Crippen LogP contribution in [0.1, 0.15) is 51.4 Å². The average Bonchev–Trinajstić information content (AvgIpc) is 3.15. The Morgan fingerprint density at radius 3 is 2.24 bits per heavy atom. The number of imide groups is 1. The maximum atomic E-state index is 13.2. The van der Waals surface area contributed by atoms with E-state index in [-0.39, 0.29) is 23.6 Å². The summed E-state index contributed by atoms with van der Waals surface area (Å²) in [6, 6.07) is 27.4. The molecule has 3 amide bonds. The minimum atomic E-state index is -0.252. The number of rotatable bonds is 10. The number of anilines is 3. The van der Waals surface area contributed by atoms with Gasteiger partial charge in [0.1, 0.15) is 0 Å². The molecule has 2 fully saturated rings. The topological polar surface area (TPSA) is 132 Å². The SMILES string of the molecule is Cc1ccc(NC(=O)c2ccc(CN3CCN(Cc4ccc(C5CCC(=O)NC5=O)cc4)CC3)cc2)cc1Nc1nccc(-c2cccnc2)n1. The summed E-state index contributed by atoms with van der Waals surface area (Å²) in [6.07, 6.45) is 6.15. The molecule has 51 heavy (non-hydrogen) atoms. The van der Waals surface area contributed by atoms with Crippen molar-refractivity contribution in [3.8, 4) is 11.3 Å². The van der Waals surface area contributed by atoms with Gasteiger partial charge in [-0.25, -0.2) is 9.97 Å². The number of nitrogens with zero attached hydrogens (tertiary/aromatic N) is 5. The number of amides is 3. The van der Waals surface area contributed by atoms with E-state index in [1.807, 2.05) is 79.7 Å². The van der Waals surface area contributed by atoms with E-state index in [9.17, 15) is 14.4 Å². The van der Waals surface area contributed by atoms with E-state index in [2.05, 4.69) is 52.8 Å². The fraction of sp³-hybridized carbons (Fsp3) is 0.250. The quantitative estimate of drug-likeness (QED) is 0.159. The van der Waals surface area contributed by atoms with Crippen LogP contribution in [0.15, 0.2) is 104 Å². The number of carbonyl (C=O) groups excluding carboxylic acids is 3. The molecule has 2 aliphatic heterocycles. The van der Waals surface area contributed by atoms with Crippen LogP contribution in [0.4, 0.5) is 17.3 Å². The largest absolute Gasteiger partial charge is 0.324 e. The molecule has 3 N–H and O–H groups in total. The highest BCUT2D eigenvalue weighted by molar-refractivity contribution is 6.04. The van der Waals surface area contributed by atoms with E-state index in [0.29, 0.717) is 30.0 Å². The Balaban J connectivity index is 0.884. The van der Waals surface area contributed by atoms with Gasteiger partial charge < -0.3 is 10.6 Å². The highest BCUT2D eigenvalue weighted by atomic mass is 16.2. The smallest absolute Gasteiger partial charge is 0.255 e. The predicted octanol–water partition coefficient (Wildman–Crippen LogP) is 5.68. The second kappa shape index (κ2) is 15.4. The van der Waals surface area contributed by atoms with Crippen molar-refractivity contribution >= 4 is 35.0 Å². The lowest BCUT2D eigenvalue weighted by Gasteiger charge is -2.34. The molecule has 5 aromatic rings. The van der Waals surface area contributed by atoms with Crippen molar-refractivity contribution < 1.29 is 14.4 Å². The maximum absolute atomic E-state index is 13.2. The van der Waals surface area contributed by atoms with Crippen LogP contribution in [0.2, 0.25) is 0 Å². The third-order valence-corrected chi connectivity index (χ3v) is 9.47. The molecular formula is C40H40N8O3. The van der Waals surface area contributed by atoms with Crippen LogP contribution in [-0.4, -0.2) is 68.7 Å². The number of benzene rings is 3. The predicted molar refractivity (Wildman–Crippen MR) is 196 cm³/mol. The van der Waals surface area contributed by atoms with Gasteiger partial charge in [-0.2, -0.15) is 0 Å². The monoisotopic (exact) mass is 680 g/mol. The van der Waals surface area contributed by atoms with Gasteiger partial charge in [0.15, 0.2) is 0 Å². The summed E-state index contributed by atoms with van der Waals surface area (Å²) in [5, 5.41) is 8.76. The highest BCUT2D eigenvalue weighted by Crippen LogP contribution is 2.27. The van der Waals surface area contributed by atoms with Crippen LogP contribution in [0.25, 0.3) is 11.3 Å². The summed E-state index contributed by atoms with van der Waals surface area (Å²) in [5.74, 6) is -0.360. The first-order valence-electron chi connectivity index (χ1n) is 17.2. The van der Waals surface area contributed by atoms with E-state index in [0.717, 1.165) is 67.3 Å². The first-order valence-corrected chi connectivity index (χ1v) is 17.2. The molecule has 0 bridgehead atoms. The Morgan fingerprint density at radius 2 is 1.57 bits per heavy atom. The maximum Gasteiger partial charge on any atom is 0.255 e. The fourth-order valence-corrected chi connectivity index (χ4v) is 6.50. The summed E-state index contributed by atoms with van der Waals surface area (Å²) in [5.41, 5.74) is 8.07. The van der Waals surface area contributed by atoms with Gasteiger partial charge >= 0.3 is 0 Å². The van der Waals surface area contributed by atoms with Crippen molar-refractivity contribution in [1.29, 1.82) is 0 Å². The molecule has 11 nitrogen and oxygen atoms in total. The highest BCUT2D eigenvalue weighted by Gasteiger charge is 2.28. The van der Waals surface area contributed by atoms with Crippen molar-refractivity contribution in [2.24, 2.45) is 0 Å². The fourth-order valence-electron chi connectivity index (χ4n) is 6.50. The van der Waals surface area contributed by atoms with E-state index in [4.69, 9.17) is 0 Å². The minimum absolute atomic E-state index is 0.176. The van der Waals surface area contributed by atoms with Crippen molar-refractivity contribution in [3.05, 3.63) is 131 Å². The Hall–Kier alpha value is -5.78. The van der Waals surface area contributed by atoms with Gasteiger partial charge in [-0.15, -0.1) is 0 Å². The third kappa shape index (κ3) is 8.51. The Bertz CT molecular complexity index is 2010. The van der Waals surface area contributed by atoms with Crippen LogP contribution in [0.5, 0.6) is 0 Å². The van der Waals surface area contributed by atoms with Crippen LogP contribution in [0, 0.1) is 6.92 Å². The number of piperidine rings is 1. The van der Waals surface area contributed by atoms with Crippen LogP contribution in [0.3, 0.4) is 0 Å². The Labute approximate surface area is 297 Å². The molecule has 2 aliphatic rings. The zero-order valence-corrected chi connectivity index (χ0v) is 28.5. The molecule has 0 radical (unpaired) electrons. The number of aromatic nitrogens is 3. The molecule has 2 saturated heterocycles. The third-order valence-electron chi connectivity index (χ3n) is 9.47. The van der Waals surface area contributed by atoms with E-state index in [1.165, 1.54) is 11.1 Å². The number of aryl methyl sites for hydroxylation is 1. The van der Waals surface area contributed by atoms with E-state index < -0.39 is 0 Å². The number of carbonyl (C=O) groups is 3. The number of hydrogen-bond donors (Lipinski definition) is 3. The molecule has 2 aromatic heterocycles. The molecule has 3 aromatic carbocycles. The molecule has 1 atom stereocenters. The zero-order chi connectivity index (χ0) is 35.2. The number of pyridine rings is 1. The van der Waals surface area contributed by atoms with Crippen molar-refractivity contribution in [2.75, 3.05) is 36.8 Å². The standard InChI is InChI=1S/C40H40N8O3/c1-27-4-13-33(23-36(27)45-40-42-18-16-35(44-40)32-3-2-17-41-24-32)43-38(50)31-11-7-29(8-12-31)26-48-21-19-47(20-22-48)25-28-5-9-30(10-6-28)34-14-15-37(49)46-39(34)51/h2-13,16-18,23-24,34H,14-15,19-22,25-26H2,1H3,(H,43,50)(H,42,44,45)(H,46,49,51). The molecule has 0 aliphatic carbocycles. The molecule has 11 heteroatoms. The lowest BCUT2D eigenvalue weighted by atomic mass is 9.90. The molecular weight excluding hydrogens is 640 g/mol. The van der Waals surface area contributed by atoms with Gasteiger partial charge in [-0.3, -0.25) is 34.5 Å². The van der Waals surface area contributed by atoms with Crippen molar-refractivity contribution in [2.45, 2.75) is 38.8 Å². The van der Waals surface area contributed by atoms with Gasteiger partial charge in [0.05, 0.1) is 11.6 Å². The molecule has 0 spiro atoms. The second-order valence-corrected chi connectivity index (χ2v) is 13.1. The lowest BCUT2D eigenvalue weighted by molar-refractivity contribution is -0.134. The van der Waals surface area contributed by atoms with Gasteiger partial charge in [-0.05, 0) is 78.1 Å². The summed E-state index contributed by atoms with van der Waals surface area (Å²) in [6.45, 7) is 7.52. The lowest BCUT2D eigenvalue weighted by Crippen LogP contribution is -2.45. The molecule has 0 saturated carbocycles. The number of piperazine rings is 1.